The molecule has 1 atom stereocenters. The number of hydrogen-bond acceptors (Lipinski definition) is 3. The molecule has 0 aliphatic heterocycles. The molecule has 0 aliphatic carbocycles. The Morgan fingerprint density at radius 2 is 1.69 bits per heavy atom. The number of rotatable bonds is 12. The highest BCUT2D eigenvalue weighted by Gasteiger charge is 2.29. The van der Waals surface area contributed by atoms with Crippen molar-refractivity contribution in [2.24, 2.45) is 5.92 Å². The summed E-state index contributed by atoms with van der Waals surface area (Å²) in [6.07, 6.45) is 0.850. The van der Waals surface area contributed by atoms with Crippen LogP contribution in [0.25, 0.3) is 0 Å². The first kappa shape index (κ1) is 26.6. The summed E-state index contributed by atoms with van der Waals surface area (Å²) in [6.45, 7) is 6.76. The van der Waals surface area contributed by atoms with E-state index in [1.54, 1.807) is 34.9 Å². The van der Waals surface area contributed by atoms with Gasteiger partial charge >= 0.3 is 0 Å². The minimum absolute atomic E-state index is 0.0758. The topological polar surface area (TPSA) is 49.4 Å². The van der Waals surface area contributed by atoms with E-state index in [9.17, 15) is 9.59 Å². The maximum Gasteiger partial charge on any atom is 0.242 e. The maximum atomic E-state index is 13.3. The highest BCUT2D eigenvalue weighted by molar-refractivity contribution is 7.98. The second-order valence-corrected chi connectivity index (χ2v) is 9.99. The molecule has 32 heavy (non-hydrogen) atoms. The van der Waals surface area contributed by atoms with E-state index in [-0.39, 0.29) is 18.4 Å². The fraction of sp³-hybridized carbons (Fsp3) is 0.440. The van der Waals surface area contributed by atoms with Crippen molar-refractivity contribution in [1.29, 1.82) is 0 Å². The highest BCUT2D eigenvalue weighted by Crippen LogP contribution is 2.27. The van der Waals surface area contributed by atoms with Crippen LogP contribution in [0.3, 0.4) is 0 Å². The quantitative estimate of drug-likeness (QED) is 0.357. The van der Waals surface area contributed by atoms with Gasteiger partial charge in [0.25, 0.3) is 0 Å². The molecule has 0 fully saturated rings. The third-order valence-electron chi connectivity index (χ3n) is 5.03. The van der Waals surface area contributed by atoms with E-state index < -0.39 is 6.04 Å². The van der Waals surface area contributed by atoms with E-state index in [1.165, 1.54) is 5.56 Å². The molecule has 0 saturated heterocycles. The van der Waals surface area contributed by atoms with Gasteiger partial charge in [-0.2, -0.15) is 11.8 Å². The predicted molar refractivity (Wildman–Crippen MR) is 136 cm³/mol. The van der Waals surface area contributed by atoms with Crippen molar-refractivity contribution >= 4 is 46.8 Å². The van der Waals surface area contributed by atoms with Crippen molar-refractivity contribution in [1.82, 2.24) is 10.2 Å². The van der Waals surface area contributed by atoms with E-state index in [4.69, 9.17) is 23.2 Å². The lowest BCUT2D eigenvalue weighted by atomic mass is 10.1. The number of benzene rings is 2. The number of carbonyl (C=O) groups is 2. The van der Waals surface area contributed by atoms with Gasteiger partial charge in [0, 0.05) is 46.6 Å². The van der Waals surface area contributed by atoms with E-state index in [1.807, 2.05) is 39.0 Å². The average Bonchev–Trinajstić information content (AvgIpc) is 2.77. The molecule has 0 aromatic heterocycles. The van der Waals surface area contributed by atoms with Gasteiger partial charge in [0.2, 0.25) is 11.8 Å². The molecule has 7 heteroatoms. The second-order valence-electron chi connectivity index (χ2n) is 8.07. The minimum Gasteiger partial charge on any atom is -0.354 e. The van der Waals surface area contributed by atoms with Crippen molar-refractivity contribution in [3.63, 3.8) is 0 Å². The second kappa shape index (κ2) is 13.8. The number of amides is 2. The van der Waals surface area contributed by atoms with Crippen LogP contribution in [0.15, 0.2) is 48.5 Å². The van der Waals surface area contributed by atoms with Gasteiger partial charge in [0.15, 0.2) is 0 Å². The van der Waals surface area contributed by atoms with Crippen molar-refractivity contribution < 1.29 is 9.59 Å². The summed E-state index contributed by atoms with van der Waals surface area (Å²) in [7, 11) is 0. The zero-order chi connectivity index (χ0) is 23.5. The van der Waals surface area contributed by atoms with Gasteiger partial charge in [-0.1, -0.05) is 80.4 Å². The minimum atomic E-state index is -0.576. The molecule has 0 bridgehead atoms. The summed E-state index contributed by atoms with van der Waals surface area (Å²) in [5.74, 6) is 1.62. The summed E-state index contributed by atoms with van der Waals surface area (Å²) >= 11 is 14.5. The lowest BCUT2D eigenvalue weighted by Gasteiger charge is -2.31. The van der Waals surface area contributed by atoms with Gasteiger partial charge in [-0.05, 0) is 30.0 Å². The summed E-state index contributed by atoms with van der Waals surface area (Å²) in [5, 5.41) is 3.95. The molecule has 174 valence electrons. The molecule has 0 unspecified atom stereocenters. The van der Waals surface area contributed by atoms with Crippen LogP contribution < -0.4 is 5.32 Å². The molecule has 2 aromatic rings. The van der Waals surface area contributed by atoms with E-state index in [2.05, 4.69) is 17.4 Å². The fourth-order valence-corrected chi connectivity index (χ4v) is 4.67. The van der Waals surface area contributed by atoms with Gasteiger partial charge in [-0.25, -0.2) is 0 Å². The number of halogens is 2. The molecule has 4 nitrogen and oxygen atoms in total. The van der Waals surface area contributed by atoms with Gasteiger partial charge in [-0.3, -0.25) is 9.59 Å². The molecular formula is C25H32Cl2N2O2S. The van der Waals surface area contributed by atoms with E-state index in [0.29, 0.717) is 46.7 Å². The number of carbonyl (C=O) groups excluding carboxylic acids is 2. The monoisotopic (exact) mass is 494 g/mol. The van der Waals surface area contributed by atoms with Crippen LogP contribution in [0.2, 0.25) is 10.0 Å². The summed E-state index contributed by atoms with van der Waals surface area (Å²) in [6, 6.07) is 14.9. The van der Waals surface area contributed by atoms with Crippen molar-refractivity contribution in [2.75, 3.05) is 12.3 Å². The number of nitrogens with zero attached hydrogens (tertiary/aromatic N) is 1. The van der Waals surface area contributed by atoms with Crippen LogP contribution >= 0.6 is 35.0 Å². The molecular weight excluding hydrogens is 463 g/mol. The lowest BCUT2D eigenvalue weighted by molar-refractivity contribution is -0.141. The van der Waals surface area contributed by atoms with E-state index >= 15 is 0 Å². The molecule has 2 amide bonds. The zero-order valence-electron chi connectivity index (χ0n) is 18.9. The Balaban J connectivity index is 2.12. The van der Waals surface area contributed by atoms with Crippen LogP contribution in [0.4, 0.5) is 0 Å². The fourth-order valence-electron chi connectivity index (χ4n) is 3.26. The Morgan fingerprint density at radius 1 is 1.03 bits per heavy atom. The molecule has 0 aliphatic rings. The van der Waals surface area contributed by atoms with Crippen LogP contribution in [0.1, 0.15) is 44.7 Å². The Morgan fingerprint density at radius 3 is 2.28 bits per heavy atom. The number of hydrogen-bond donors (Lipinski definition) is 1. The SMILES string of the molecule is CC[C@H](C(=O)NCC(C)C)N(Cc1c(Cl)cccc1Cl)C(=O)CCSCc1ccccc1. The van der Waals surface area contributed by atoms with Crippen LogP contribution in [0, 0.1) is 5.92 Å². The molecule has 0 spiro atoms. The molecule has 1 N–H and O–H groups in total. The predicted octanol–water partition coefficient (Wildman–Crippen LogP) is 6.20. The largest absolute Gasteiger partial charge is 0.354 e. The first-order valence-electron chi connectivity index (χ1n) is 10.9. The van der Waals surface area contributed by atoms with Gasteiger partial charge < -0.3 is 10.2 Å². The average molecular weight is 496 g/mol. The highest BCUT2D eigenvalue weighted by atomic mass is 35.5. The zero-order valence-corrected chi connectivity index (χ0v) is 21.3. The first-order chi connectivity index (χ1) is 15.3. The lowest BCUT2D eigenvalue weighted by Crippen LogP contribution is -2.49. The van der Waals surface area contributed by atoms with Gasteiger partial charge in [0.05, 0.1) is 0 Å². The normalized spacial score (nSPS) is 11.9. The Labute approximate surface area is 206 Å². The smallest absolute Gasteiger partial charge is 0.242 e. The summed E-state index contributed by atoms with van der Waals surface area (Å²) in [5.41, 5.74) is 1.89. The van der Waals surface area contributed by atoms with Crippen molar-refractivity contribution in [2.45, 2.75) is 52.0 Å². The van der Waals surface area contributed by atoms with Crippen LogP contribution in [-0.2, 0) is 21.9 Å². The Bertz CT molecular complexity index is 857. The third-order valence-corrected chi connectivity index (χ3v) is 6.77. The standard InChI is InChI=1S/C25H32Cl2N2O2S/c1-4-23(25(31)28-15-18(2)3)29(16-20-21(26)11-8-12-22(20)27)24(30)13-14-32-17-19-9-6-5-7-10-19/h5-12,18,23H,4,13-17H2,1-3H3,(H,28,31)/t23-/m1/s1. The molecule has 0 saturated carbocycles. The maximum absolute atomic E-state index is 13.3. The molecule has 0 radical (unpaired) electrons. The molecule has 2 aromatic carbocycles. The van der Waals surface area contributed by atoms with Crippen molar-refractivity contribution in [3.8, 4) is 0 Å². The molecule has 2 rings (SSSR count). The molecule has 0 heterocycles. The third kappa shape index (κ3) is 8.34. The first-order valence-corrected chi connectivity index (χ1v) is 12.9. The number of thioether (sulfide) groups is 1. The van der Waals surface area contributed by atoms with Gasteiger partial charge in [0.1, 0.15) is 6.04 Å². The van der Waals surface area contributed by atoms with Crippen molar-refractivity contribution in [3.05, 3.63) is 69.7 Å². The number of nitrogens with one attached hydrogen (secondary N) is 1. The van der Waals surface area contributed by atoms with Crippen LogP contribution in [0.5, 0.6) is 0 Å². The Kier molecular flexibility index (Phi) is 11.4. The summed E-state index contributed by atoms with van der Waals surface area (Å²) in [4.78, 5) is 27.8. The van der Waals surface area contributed by atoms with Gasteiger partial charge in [-0.15, -0.1) is 0 Å². The van der Waals surface area contributed by atoms with E-state index in [0.717, 1.165) is 5.75 Å². The van der Waals surface area contributed by atoms with Crippen LogP contribution in [-0.4, -0.2) is 35.1 Å². The summed E-state index contributed by atoms with van der Waals surface area (Å²) < 4.78 is 0. The Hall–Kier alpha value is -1.69.